The van der Waals surface area contributed by atoms with Crippen LogP contribution in [0.3, 0.4) is 0 Å². The van der Waals surface area contributed by atoms with Gasteiger partial charge in [0.2, 0.25) is 0 Å². The summed E-state index contributed by atoms with van der Waals surface area (Å²) < 4.78 is 11.7. The van der Waals surface area contributed by atoms with E-state index in [1.807, 2.05) is 0 Å². The van der Waals surface area contributed by atoms with Crippen LogP contribution >= 0.6 is 0 Å². The molecular weight excluding hydrogens is 190 g/mol. The van der Waals surface area contributed by atoms with Crippen molar-refractivity contribution in [1.82, 2.24) is 5.32 Å². The predicted octanol–water partition coefficient (Wildman–Crippen LogP) is 1.92. The average Bonchev–Trinajstić information content (AvgIpc) is 2.14. The monoisotopic (exact) mass is 213 g/mol. The first kappa shape index (κ1) is 11.4. The fourth-order valence-electron chi connectivity index (χ4n) is 2.24. The number of hydrogen-bond donors (Lipinski definition) is 1. The van der Waals surface area contributed by atoms with Gasteiger partial charge in [-0.05, 0) is 13.8 Å². The lowest BCUT2D eigenvalue weighted by atomic mass is 9.74. The van der Waals surface area contributed by atoms with Gasteiger partial charge in [-0.15, -0.1) is 0 Å². The minimum Gasteiger partial charge on any atom is -0.381 e. The Labute approximate surface area is 92.5 Å². The fraction of sp³-hybridized carbons (Fsp3) is 1.00. The Balaban J connectivity index is 2.14. The molecule has 3 heteroatoms. The molecule has 1 spiro atoms. The highest BCUT2D eigenvalue weighted by Crippen LogP contribution is 2.42. The topological polar surface area (TPSA) is 30.5 Å². The second kappa shape index (κ2) is 3.44. The Morgan fingerprint density at radius 2 is 1.60 bits per heavy atom. The Morgan fingerprint density at radius 1 is 1.00 bits per heavy atom. The molecule has 2 heterocycles. The van der Waals surface area contributed by atoms with E-state index in [9.17, 15) is 0 Å². The molecule has 1 N–H and O–H groups in total. The van der Waals surface area contributed by atoms with E-state index in [1.165, 1.54) is 0 Å². The first-order valence-corrected chi connectivity index (χ1v) is 5.90. The fourth-order valence-corrected chi connectivity index (χ4v) is 2.24. The molecule has 2 aliphatic rings. The van der Waals surface area contributed by atoms with Gasteiger partial charge >= 0.3 is 0 Å². The minimum atomic E-state index is -0.128. The molecule has 15 heavy (non-hydrogen) atoms. The summed E-state index contributed by atoms with van der Waals surface area (Å²) >= 11 is 0. The van der Waals surface area contributed by atoms with Crippen LogP contribution in [0.5, 0.6) is 0 Å². The Hall–Kier alpha value is -0.120. The van der Waals surface area contributed by atoms with Crippen molar-refractivity contribution in [2.24, 2.45) is 5.41 Å². The van der Waals surface area contributed by atoms with Crippen molar-refractivity contribution in [2.75, 3.05) is 19.8 Å². The second-order valence-electron chi connectivity index (χ2n) is 5.96. The second-order valence-corrected chi connectivity index (χ2v) is 5.96. The van der Waals surface area contributed by atoms with E-state index in [1.54, 1.807) is 0 Å². The zero-order chi connectivity index (χ0) is 11.2. The Kier molecular flexibility index (Phi) is 2.61. The number of hydrogen-bond acceptors (Lipinski definition) is 3. The average molecular weight is 213 g/mol. The van der Waals surface area contributed by atoms with Crippen LogP contribution in [0.4, 0.5) is 0 Å². The molecule has 88 valence electrons. The summed E-state index contributed by atoms with van der Waals surface area (Å²) in [7, 11) is 0. The van der Waals surface area contributed by atoms with Gasteiger partial charge in [0.05, 0.1) is 18.8 Å². The quantitative estimate of drug-likeness (QED) is 0.667. The molecule has 0 aromatic carbocycles. The normalized spacial score (nSPS) is 32.8. The molecule has 3 nitrogen and oxygen atoms in total. The molecule has 0 bridgehead atoms. The summed E-state index contributed by atoms with van der Waals surface area (Å²) in [6.45, 7) is 11.5. The lowest BCUT2D eigenvalue weighted by molar-refractivity contribution is -0.257. The standard InChI is InChI=1S/C12H23NO2/c1-10(2)9-13-12(15-11(10,3)4)5-7-14-8-6-12/h13H,5-9H2,1-4H3. The van der Waals surface area contributed by atoms with E-state index >= 15 is 0 Å². The van der Waals surface area contributed by atoms with Crippen LogP contribution in [-0.2, 0) is 9.47 Å². The largest absolute Gasteiger partial charge is 0.381 e. The molecular formula is C12H23NO2. The van der Waals surface area contributed by atoms with Gasteiger partial charge < -0.3 is 9.47 Å². The van der Waals surface area contributed by atoms with Gasteiger partial charge in [-0.25, -0.2) is 0 Å². The Bertz CT molecular complexity index is 242. The van der Waals surface area contributed by atoms with Crippen molar-refractivity contribution in [3.63, 3.8) is 0 Å². The van der Waals surface area contributed by atoms with Crippen molar-refractivity contribution >= 4 is 0 Å². The summed E-state index contributed by atoms with van der Waals surface area (Å²) in [5, 5.41) is 3.58. The van der Waals surface area contributed by atoms with Gasteiger partial charge in [-0.2, -0.15) is 0 Å². The molecule has 0 aromatic rings. The van der Waals surface area contributed by atoms with Crippen molar-refractivity contribution in [2.45, 2.75) is 51.9 Å². The van der Waals surface area contributed by atoms with E-state index in [0.717, 1.165) is 32.6 Å². The van der Waals surface area contributed by atoms with Crippen molar-refractivity contribution in [3.05, 3.63) is 0 Å². The van der Waals surface area contributed by atoms with Gasteiger partial charge in [-0.3, -0.25) is 5.32 Å². The van der Waals surface area contributed by atoms with Gasteiger partial charge in [0.1, 0.15) is 5.72 Å². The molecule has 2 fully saturated rings. The van der Waals surface area contributed by atoms with Crippen molar-refractivity contribution in [3.8, 4) is 0 Å². The van der Waals surface area contributed by atoms with Crippen LogP contribution in [0.25, 0.3) is 0 Å². The van der Waals surface area contributed by atoms with Crippen molar-refractivity contribution in [1.29, 1.82) is 0 Å². The van der Waals surface area contributed by atoms with Crippen LogP contribution in [0.2, 0.25) is 0 Å². The molecule has 0 radical (unpaired) electrons. The maximum Gasteiger partial charge on any atom is 0.124 e. The molecule has 0 aromatic heterocycles. The van der Waals surface area contributed by atoms with Crippen LogP contribution in [0.1, 0.15) is 40.5 Å². The maximum absolute atomic E-state index is 6.33. The predicted molar refractivity (Wildman–Crippen MR) is 59.7 cm³/mol. The van der Waals surface area contributed by atoms with E-state index in [-0.39, 0.29) is 16.7 Å². The highest BCUT2D eigenvalue weighted by Gasteiger charge is 2.50. The van der Waals surface area contributed by atoms with Crippen LogP contribution < -0.4 is 5.32 Å². The van der Waals surface area contributed by atoms with Crippen LogP contribution in [0, 0.1) is 5.41 Å². The van der Waals surface area contributed by atoms with Gasteiger partial charge in [-0.1, -0.05) is 13.8 Å². The molecule has 0 atom stereocenters. The van der Waals surface area contributed by atoms with Gasteiger partial charge in [0.15, 0.2) is 0 Å². The third-order valence-corrected chi connectivity index (χ3v) is 4.23. The SMILES string of the molecule is CC1(C)CNC2(CCOCC2)OC1(C)C. The summed E-state index contributed by atoms with van der Waals surface area (Å²) in [5.74, 6) is 0. The lowest BCUT2D eigenvalue weighted by Crippen LogP contribution is -2.66. The molecule has 2 rings (SSSR count). The molecule has 2 aliphatic heterocycles. The van der Waals surface area contributed by atoms with Crippen LogP contribution in [-0.4, -0.2) is 31.1 Å². The molecule has 0 aliphatic carbocycles. The zero-order valence-electron chi connectivity index (χ0n) is 10.4. The third-order valence-electron chi connectivity index (χ3n) is 4.23. The Morgan fingerprint density at radius 3 is 2.13 bits per heavy atom. The highest BCUT2D eigenvalue weighted by molar-refractivity contribution is 4.99. The van der Waals surface area contributed by atoms with E-state index in [4.69, 9.17) is 9.47 Å². The first-order chi connectivity index (χ1) is 6.87. The van der Waals surface area contributed by atoms with Gasteiger partial charge in [0, 0.05) is 24.8 Å². The number of rotatable bonds is 0. The minimum absolute atomic E-state index is 0.0738. The van der Waals surface area contributed by atoms with E-state index in [2.05, 4.69) is 33.0 Å². The molecule has 2 saturated heterocycles. The third kappa shape index (κ3) is 1.93. The summed E-state index contributed by atoms with van der Waals surface area (Å²) in [4.78, 5) is 0. The molecule has 0 unspecified atom stereocenters. The van der Waals surface area contributed by atoms with Crippen LogP contribution in [0.15, 0.2) is 0 Å². The smallest absolute Gasteiger partial charge is 0.124 e. The van der Waals surface area contributed by atoms with E-state index < -0.39 is 0 Å². The zero-order valence-corrected chi connectivity index (χ0v) is 10.4. The lowest BCUT2D eigenvalue weighted by Gasteiger charge is -2.55. The first-order valence-electron chi connectivity index (χ1n) is 5.90. The summed E-state index contributed by atoms with van der Waals surface area (Å²) in [6, 6.07) is 0. The molecule has 0 saturated carbocycles. The van der Waals surface area contributed by atoms with Gasteiger partial charge in [0.25, 0.3) is 0 Å². The highest BCUT2D eigenvalue weighted by atomic mass is 16.6. The summed E-state index contributed by atoms with van der Waals surface area (Å²) in [5.41, 5.74) is -0.0244. The number of nitrogens with one attached hydrogen (secondary N) is 1. The summed E-state index contributed by atoms with van der Waals surface area (Å²) in [6.07, 6.45) is 1.93. The van der Waals surface area contributed by atoms with E-state index in [0.29, 0.717) is 0 Å². The van der Waals surface area contributed by atoms with Crippen molar-refractivity contribution < 1.29 is 9.47 Å². The molecule has 0 amide bonds. The number of ether oxygens (including phenoxy) is 2. The maximum atomic E-state index is 6.33.